The van der Waals surface area contributed by atoms with Crippen LogP contribution in [0.2, 0.25) is 10.0 Å². The second-order valence-electron chi connectivity index (χ2n) is 5.33. The molecule has 126 valence electrons. The molecule has 24 heavy (non-hydrogen) atoms. The van der Waals surface area contributed by atoms with Crippen molar-refractivity contribution in [1.82, 2.24) is 5.32 Å². The monoisotopic (exact) mass is 383 g/mol. The molecule has 2 N–H and O–H groups in total. The third kappa shape index (κ3) is 3.98. The largest absolute Gasteiger partial charge is 0.488 e. The van der Waals surface area contributed by atoms with E-state index >= 15 is 0 Å². The Morgan fingerprint density at radius 1 is 1.29 bits per heavy atom. The minimum atomic E-state index is -0.856. The fourth-order valence-corrected chi connectivity index (χ4v) is 4.04. The molecule has 2 unspecified atom stereocenters. The molecule has 0 aliphatic carbocycles. The summed E-state index contributed by atoms with van der Waals surface area (Å²) in [4.78, 5) is 11.1. The fraction of sp³-hybridized carbons (Fsp3) is 0.235. The molecule has 4 nitrogen and oxygen atoms in total. The first kappa shape index (κ1) is 17.4. The highest BCUT2D eigenvalue weighted by Crippen LogP contribution is 2.39. The van der Waals surface area contributed by atoms with Crippen molar-refractivity contribution in [2.75, 3.05) is 5.75 Å². The van der Waals surface area contributed by atoms with Gasteiger partial charge in [0.15, 0.2) is 0 Å². The molecular weight excluding hydrogens is 369 g/mol. The lowest BCUT2D eigenvalue weighted by molar-refractivity contribution is -0.138. The standard InChI is InChI=1S/C17H15Cl2NO3S/c18-11-5-6-15(23-8-10-3-1-2-4-13(10)19)12(7-11)16-20-14(9-24-16)17(21)22/h1-7,14,16,20H,8-9H2,(H,21,22). The Labute approximate surface area is 154 Å². The van der Waals surface area contributed by atoms with Crippen LogP contribution in [0.15, 0.2) is 42.5 Å². The van der Waals surface area contributed by atoms with E-state index in [0.717, 1.165) is 11.1 Å². The van der Waals surface area contributed by atoms with Crippen LogP contribution >= 0.6 is 35.0 Å². The molecule has 1 heterocycles. The normalized spacial score (nSPS) is 20.1. The van der Waals surface area contributed by atoms with E-state index in [9.17, 15) is 4.79 Å². The van der Waals surface area contributed by atoms with Gasteiger partial charge in [0, 0.05) is 26.9 Å². The Balaban J connectivity index is 1.79. The molecule has 0 bridgehead atoms. The van der Waals surface area contributed by atoms with E-state index in [0.29, 0.717) is 28.2 Å². The SMILES string of the molecule is O=C(O)C1CSC(c2cc(Cl)ccc2OCc2ccccc2Cl)N1. The zero-order valence-electron chi connectivity index (χ0n) is 12.5. The van der Waals surface area contributed by atoms with Crippen LogP contribution in [0.4, 0.5) is 0 Å². The maximum Gasteiger partial charge on any atom is 0.321 e. The molecule has 1 saturated heterocycles. The number of carbonyl (C=O) groups is 1. The first-order valence-corrected chi connectivity index (χ1v) is 9.11. The summed E-state index contributed by atoms with van der Waals surface area (Å²) in [7, 11) is 0. The molecule has 0 radical (unpaired) electrons. The molecular formula is C17H15Cl2NO3S. The summed E-state index contributed by atoms with van der Waals surface area (Å²) in [5, 5.41) is 13.3. The van der Waals surface area contributed by atoms with Crippen LogP contribution in [-0.2, 0) is 11.4 Å². The van der Waals surface area contributed by atoms with E-state index in [1.54, 1.807) is 18.2 Å². The van der Waals surface area contributed by atoms with Gasteiger partial charge in [0.05, 0.1) is 5.37 Å². The molecule has 2 aromatic carbocycles. The zero-order chi connectivity index (χ0) is 17.1. The first-order valence-electron chi connectivity index (χ1n) is 7.30. The summed E-state index contributed by atoms with van der Waals surface area (Å²) in [5.41, 5.74) is 1.72. The van der Waals surface area contributed by atoms with Crippen molar-refractivity contribution in [1.29, 1.82) is 0 Å². The van der Waals surface area contributed by atoms with Gasteiger partial charge in [0.2, 0.25) is 0 Å². The molecule has 0 spiro atoms. The van der Waals surface area contributed by atoms with Gasteiger partial charge < -0.3 is 9.84 Å². The predicted molar refractivity (Wildman–Crippen MR) is 97.0 cm³/mol. The minimum Gasteiger partial charge on any atom is -0.488 e. The summed E-state index contributed by atoms with van der Waals surface area (Å²) in [6.07, 6.45) is 0. The summed E-state index contributed by atoms with van der Waals surface area (Å²) in [6.45, 7) is 0.327. The number of nitrogens with one attached hydrogen (secondary N) is 1. The summed E-state index contributed by atoms with van der Waals surface area (Å²) in [6, 6.07) is 12.3. The molecule has 7 heteroatoms. The molecule has 0 aromatic heterocycles. The molecule has 2 atom stereocenters. The lowest BCUT2D eigenvalue weighted by Gasteiger charge is -2.17. The average molecular weight is 384 g/mol. The molecule has 1 aliphatic rings. The van der Waals surface area contributed by atoms with Gasteiger partial charge in [0.25, 0.3) is 0 Å². The van der Waals surface area contributed by atoms with Crippen LogP contribution in [0.5, 0.6) is 5.75 Å². The van der Waals surface area contributed by atoms with E-state index in [-0.39, 0.29) is 5.37 Å². The molecule has 1 aliphatic heterocycles. The van der Waals surface area contributed by atoms with E-state index in [1.165, 1.54) is 11.8 Å². The van der Waals surface area contributed by atoms with Crippen LogP contribution in [0.25, 0.3) is 0 Å². The maximum atomic E-state index is 11.1. The Bertz CT molecular complexity index is 756. The summed E-state index contributed by atoms with van der Waals surface area (Å²) in [5.74, 6) is 0.303. The van der Waals surface area contributed by atoms with Crippen LogP contribution in [-0.4, -0.2) is 22.9 Å². The number of benzene rings is 2. The van der Waals surface area contributed by atoms with Gasteiger partial charge >= 0.3 is 5.97 Å². The van der Waals surface area contributed by atoms with Crippen molar-refractivity contribution in [2.24, 2.45) is 0 Å². The molecule has 2 aromatic rings. The van der Waals surface area contributed by atoms with Crippen molar-refractivity contribution in [3.8, 4) is 5.75 Å². The third-order valence-corrected chi connectivity index (χ3v) is 5.53. The maximum absolute atomic E-state index is 11.1. The first-order chi connectivity index (χ1) is 11.5. The molecule has 1 fully saturated rings. The van der Waals surface area contributed by atoms with Gasteiger partial charge in [0.1, 0.15) is 18.4 Å². The average Bonchev–Trinajstić information content (AvgIpc) is 3.05. The highest BCUT2D eigenvalue weighted by atomic mass is 35.5. The number of thioether (sulfide) groups is 1. The number of hydrogen-bond acceptors (Lipinski definition) is 4. The molecule has 0 saturated carbocycles. The number of aliphatic carboxylic acids is 1. The van der Waals surface area contributed by atoms with Gasteiger partial charge in [-0.05, 0) is 24.3 Å². The third-order valence-electron chi connectivity index (χ3n) is 3.68. The van der Waals surface area contributed by atoms with Gasteiger partial charge in [-0.2, -0.15) is 0 Å². The van der Waals surface area contributed by atoms with Crippen LogP contribution < -0.4 is 10.1 Å². The van der Waals surface area contributed by atoms with Crippen molar-refractivity contribution in [2.45, 2.75) is 18.0 Å². The van der Waals surface area contributed by atoms with Crippen LogP contribution in [0, 0.1) is 0 Å². The summed E-state index contributed by atoms with van der Waals surface area (Å²) < 4.78 is 5.92. The topological polar surface area (TPSA) is 58.6 Å². The zero-order valence-corrected chi connectivity index (χ0v) is 14.9. The Kier molecular flexibility index (Phi) is 5.56. The molecule has 0 amide bonds. The summed E-state index contributed by atoms with van der Waals surface area (Å²) >= 11 is 13.8. The smallest absolute Gasteiger partial charge is 0.321 e. The highest BCUT2D eigenvalue weighted by molar-refractivity contribution is 7.99. The minimum absolute atomic E-state index is 0.175. The highest BCUT2D eigenvalue weighted by Gasteiger charge is 2.32. The Morgan fingerprint density at radius 2 is 2.08 bits per heavy atom. The van der Waals surface area contributed by atoms with Crippen molar-refractivity contribution < 1.29 is 14.6 Å². The fourth-order valence-electron chi connectivity index (χ4n) is 2.42. The van der Waals surface area contributed by atoms with Crippen LogP contribution in [0.1, 0.15) is 16.5 Å². The van der Waals surface area contributed by atoms with E-state index < -0.39 is 12.0 Å². The number of rotatable bonds is 5. The van der Waals surface area contributed by atoms with E-state index in [1.807, 2.05) is 24.3 Å². The van der Waals surface area contributed by atoms with Gasteiger partial charge in [-0.3, -0.25) is 10.1 Å². The number of halogens is 2. The van der Waals surface area contributed by atoms with E-state index in [2.05, 4.69) is 5.32 Å². The Hall–Kier alpha value is -1.40. The van der Waals surface area contributed by atoms with Gasteiger partial charge in [-0.1, -0.05) is 41.4 Å². The van der Waals surface area contributed by atoms with E-state index in [4.69, 9.17) is 33.0 Å². The van der Waals surface area contributed by atoms with Crippen molar-refractivity contribution in [3.05, 3.63) is 63.6 Å². The van der Waals surface area contributed by atoms with Gasteiger partial charge in [-0.15, -0.1) is 11.8 Å². The predicted octanol–water partition coefficient (Wildman–Crippen LogP) is 4.36. The number of hydrogen-bond donors (Lipinski definition) is 2. The number of ether oxygens (including phenoxy) is 1. The molecule has 3 rings (SSSR count). The number of carboxylic acid groups (broad SMARTS) is 1. The van der Waals surface area contributed by atoms with Crippen molar-refractivity contribution >= 4 is 40.9 Å². The quantitative estimate of drug-likeness (QED) is 0.802. The van der Waals surface area contributed by atoms with Crippen LogP contribution in [0.3, 0.4) is 0 Å². The Morgan fingerprint density at radius 3 is 2.79 bits per heavy atom. The lowest BCUT2D eigenvalue weighted by Crippen LogP contribution is -2.33. The second-order valence-corrected chi connectivity index (χ2v) is 7.31. The second kappa shape index (κ2) is 7.66. The van der Waals surface area contributed by atoms with Gasteiger partial charge in [-0.25, -0.2) is 0 Å². The lowest BCUT2D eigenvalue weighted by atomic mass is 10.1. The van der Waals surface area contributed by atoms with Crippen molar-refractivity contribution in [3.63, 3.8) is 0 Å². The number of carboxylic acids is 1.